The van der Waals surface area contributed by atoms with E-state index in [2.05, 4.69) is 9.84 Å². The van der Waals surface area contributed by atoms with Crippen molar-refractivity contribution in [1.82, 2.24) is 9.78 Å². The highest BCUT2D eigenvalue weighted by molar-refractivity contribution is 5.92. The number of aromatic nitrogens is 2. The lowest BCUT2D eigenvalue weighted by molar-refractivity contribution is -0.145. The summed E-state index contributed by atoms with van der Waals surface area (Å²) in [7, 11) is 1.33. The van der Waals surface area contributed by atoms with Crippen molar-refractivity contribution in [3.63, 3.8) is 0 Å². The highest BCUT2D eigenvalue weighted by Gasteiger charge is 2.14. The second-order valence-corrected chi connectivity index (χ2v) is 3.24. The Balaban J connectivity index is 2.65. The molecule has 0 aliphatic carbocycles. The molecule has 1 amide bonds. The third kappa shape index (κ3) is 2.80. The topological polar surface area (TPSA) is 87.2 Å². The van der Waals surface area contributed by atoms with Crippen molar-refractivity contribution in [1.29, 1.82) is 0 Å². The number of ether oxygens (including phenoxy) is 1. The fourth-order valence-electron chi connectivity index (χ4n) is 1.15. The van der Waals surface area contributed by atoms with Crippen molar-refractivity contribution in [2.45, 2.75) is 13.5 Å². The third-order valence-corrected chi connectivity index (χ3v) is 1.98. The lowest BCUT2D eigenvalue weighted by Crippen LogP contribution is -2.19. The van der Waals surface area contributed by atoms with Crippen LogP contribution < -0.4 is 5.73 Å². The largest absolute Gasteiger partial charge is 0.469 e. The van der Waals surface area contributed by atoms with E-state index in [1.165, 1.54) is 24.2 Å². The number of nitrogens with zero attached hydrogens (tertiary/aromatic N) is 2. The number of amides is 1. The SMILES string of the molecule is COC(=O)C(C)Cn1cc(C(N)=O)cn1. The van der Waals surface area contributed by atoms with Crippen LogP contribution in [-0.2, 0) is 16.1 Å². The van der Waals surface area contributed by atoms with Crippen LogP contribution in [0.15, 0.2) is 12.4 Å². The van der Waals surface area contributed by atoms with Crippen molar-refractivity contribution < 1.29 is 14.3 Å². The third-order valence-electron chi connectivity index (χ3n) is 1.98. The van der Waals surface area contributed by atoms with Crippen molar-refractivity contribution >= 4 is 11.9 Å². The van der Waals surface area contributed by atoms with E-state index in [-0.39, 0.29) is 11.9 Å². The highest BCUT2D eigenvalue weighted by Crippen LogP contribution is 2.03. The number of rotatable bonds is 4. The highest BCUT2D eigenvalue weighted by atomic mass is 16.5. The number of carbonyl (C=O) groups excluding carboxylic acids is 2. The summed E-state index contributed by atoms with van der Waals surface area (Å²) in [6, 6.07) is 0. The minimum Gasteiger partial charge on any atom is -0.469 e. The molecule has 0 saturated heterocycles. The first kappa shape index (κ1) is 11.2. The Hall–Kier alpha value is -1.85. The van der Waals surface area contributed by atoms with Gasteiger partial charge in [-0.3, -0.25) is 14.3 Å². The van der Waals surface area contributed by atoms with Gasteiger partial charge < -0.3 is 10.5 Å². The van der Waals surface area contributed by atoms with Crippen molar-refractivity contribution in [3.05, 3.63) is 18.0 Å². The maximum absolute atomic E-state index is 11.1. The molecule has 6 nitrogen and oxygen atoms in total. The van der Waals surface area contributed by atoms with Gasteiger partial charge in [0.2, 0.25) is 0 Å². The van der Waals surface area contributed by atoms with Crippen LogP contribution in [0.1, 0.15) is 17.3 Å². The van der Waals surface area contributed by atoms with Gasteiger partial charge in [0, 0.05) is 6.20 Å². The predicted octanol–water partition coefficient (Wildman–Crippen LogP) is -0.209. The molecule has 0 aromatic carbocycles. The van der Waals surface area contributed by atoms with E-state index in [4.69, 9.17) is 5.73 Å². The van der Waals surface area contributed by atoms with E-state index in [0.29, 0.717) is 12.1 Å². The fourth-order valence-corrected chi connectivity index (χ4v) is 1.15. The molecule has 1 unspecified atom stereocenters. The first-order valence-electron chi connectivity index (χ1n) is 4.44. The molecule has 1 heterocycles. The standard InChI is InChI=1S/C9H13N3O3/c1-6(9(14)15-2)4-12-5-7(3-11-12)8(10)13/h3,5-6H,4H2,1-2H3,(H2,10,13). The number of hydrogen-bond acceptors (Lipinski definition) is 4. The Kier molecular flexibility index (Phi) is 3.43. The lowest BCUT2D eigenvalue weighted by atomic mass is 10.2. The molecule has 1 rings (SSSR count). The number of carbonyl (C=O) groups is 2. The summed E-state index contributed by atoms with van der Waals surface area (Å²) in [6.07, 6.45) is 2.87. The predicted molar refractivity (Wildman–Crippen MR) is 51.9 cm³/mol. The van der Waals surface area contributed by atoms with E-state index in [0.717, 1.165) is 0 Å². The van der Waals surface area contributed by atoms with E-state index in [1.807, 2.05) is 0 Å². The second kappa shape index (κ2) is 4.59. The molecule has 0 radical (unpaired) electrons. The van der Waals surface area contributed by atoms with Gasteiger partial charge in [-0.15, -0.1) is 0 Å². The molecule has 0 saturated carbocycles. The molecule has 6 heteroatoms. The van der Waals surface area contributed by atoms with E-state index in [1.54, 1.807) is 6.92 Å². The zero-order valence-electron chi connectivity index (χ0n) is 8.64. The number of nitrogens with two attached hydrogens (primary N) is 1. The normalized spacial score (nSPS) is 12.1. The van der Waals surface area contributed by atoms with Crippen LogP contribution in [0.2, 0.25) is 0 Å². The van der Waals surface area contributed by atoms with Crippen LogP contribution in [0.25, 0.3) is 0 Å². The van der Waals surface area contributed by atoms with Crippen molar-refractivity contribution in [2.24, 2.45) is 11.7 Å². The van der Waals surface area contributed by atoms with Gasteiger partial charge in [0.15, 0.2) is 0 Å². The van der Waals surface area contributed by atoms with Gasteiger partial charge in [-0.25, -0.2) is 0 Å². The lowest BCUT2D eigenvalue weighted by Gasteiger charge is -2.08. The molecular formula is C9H13N3O3. The number of methoxy groups -OCH3 is 1. The maximum atomic E-state index is 11.1. The molecule has 1 aromatic heterocycles. The minimum absolute atomic E-state index is 0.310. The van der Waals surface area contributed by atoms with Gasteiger partial charge in [-0.2, -0.15) is 5.10 Å². The Bertz CT molecular complexity index is 372. The van der Waals surface area contributed by atoms with Crippen LogP contribution in [0.4, 0.5) is 0 Å². The average Bonchev–Trinajstić information content (AvgIpc) is 2.65. The Labute approximate surface area is 87.0 Å². The summed E-state index contributed by atoms with van der Waals surface area (Å²) in [6.45, 7) is 2.08. The average molecular weight is 211 g/mol. The molecule has 0 bridgehead atoms. The summed E-state index contributed by atoms with van der Waals surface area (Å²) in [5, 5.41) is 3.90. The molecule has 15 heavy (non-hydrogen) atoms. The molecule has 0 aliphatic heterocycles. The van der Waals surface area contributed by atoms with Gasteiger partial charge in [0.25, 0.3) is 5.91 Å². The first-order chi connectivity index (χ1) is 7.04. The zero-order valence-corrected chi connectivity index (χ0v) is 8.64. The Morgan fingerprint density at radius 2 is 2.33 bits per heavy atom. The van der Waals surface area contributed by atoms with Crippen LogP contribution in [0.5, 0.6) is 0 Å². The Morgan fingerprint density at radius 3 is 2.80 bits per heavy atom. The smallest absolute Gasteiger partial charge is 0.310 e. The minimum atomic E-state index is -0.535. The summed E-state index contributed by atoms with van der Waals surface area (Å²) in [5.74, 6) is -1.16. The van der Waals surface area contributed by atoms with Gasteiger partial charge in [-0.1, -0.05) is 6.92 Å². The molecule has 82 valence electrons. The number of esters is 1. The van der Waals surface area contributed by atoms with E-state index in [9.17, 15) is 9.59 Å². The zero-order chi connectivity index (χ0) is 11.4. The van der Waals surface area contributed by atoms with Crippen molar-refractivity contribution in [2.75, 3.05) is 7.11 Å². The molecule has 0 aliphatic rings. The van der Waals surface area contributed by atoms with Crippen LogP contribution >= 0.6 is 0 Å². The molecular weight excluding hydrogens is 198 g/mol. The quantitative estimate of drug-likeness (QED) is 0.698. The van der Waals surface area contributed by atoms with Crippen molar-refractivity contribution in [3.8, 4) is 0 Å². The monoisotopic (exact) mass is 211 g/mol. The second-order valence-electron chi connectivity index (χ2n) is 3.24. The van der Waals surface area contributed by atoms with Gasteiger partial charge >= 0.3 is 5.97 Å². The maximum Gasteiger partial charge on any atom is 0.310 e. The summed E-state index contributed by atoms with van der Waals surface area (Å²) in [4.78, 5) is 21.9. The summed E-state index contributed by atoms with van der Waals surface area (Å²) in [5.41, 5.74) is 5.39. The first-order valence-corrected chi connectivity index (χ1v) is 4.44. The molecule has 0 fully saturated rings. The Morgan fingerprint density at radius 1 is 1.67 bits per heavy atom. The van der Waals surface area contributed by atoms with Gasteiger partial charge in [-0.05, 0) is 0 Å². The van der Waals surface area contributed by atoms with Gasteiger partial charge in [0.1, 0.15) is 0 Å². The molecule has 1 atom stereocenters. The summed E-state index contributed by atoms with van der Waals surface area (Å²) < 4.78 is 6.05. The van der Waals surface area contributed by atoms with Gasteiger partial charge in [0.05, 0.1) is 31.3 Å². The van der Waals surface area contributed by atoms with E-state index < -0.39 is 5.91 Å². The molecule has 1 aromatic rings. The van der Waals surface area contributed by atoms with Crippen LogP contribution in [0.3, 0.4) is 0 Å². The van der Waals surface area contributed by atoms with E-state index >= 15 is 0 Å². The van der Waals surface area contributed by atoms with Crippen LogP contribution in [-0.4, -0.2) is 28.8 Å². The number of hydrogen-bond donors (Lipinski definition) is 1. The molecule has 2 N–H and O–H groups in total. The summed E-state index contributed by atoms with van der Waals surface area (Å²) >= 11 is 0. The van der Waals surface area contributed by atoms with Crippen LogP contribution in [0, 0.1) is 5.92 Å². The number of primary amides is 1. The molecule has 0 spiro atoms. The fraction of sp³-hybridized carbons (Fsp3) is 0.444.